The van der Waals surface area contributed by atoms with Crippen LogP contribution in [0.25, 0.3) is 0 Å². The minimum atomic E-state index is -1.11. The zero-order valence-electron chi connectivity index (χ0n) is 4.52. The maximum absolute atomic E-state index is 12.0. The average molecular weight is 118 g/mol. The Morgan fingerprint density at radius 1 is 2.00 bits per heavy atom. The van der Waals surface area contributed by atoms with Gasteiger partial charge in [0.05, 0.1) is 5.41 Å². The lowest BCUT2D eigenvalue weighted by molar-refractivity contribution is -0.143. The molecule has 0 aliphatic heterocycles. The summed E-state index contributed by atoms with van der Waals surface area (Å²) in [5.74, 6) is -1.02. The third-order valence-electron chi connectivity index (χ3n) is 1.62. The molecule has 1 fully saturated rings. The SMILES string of the molecule is CC1(C(=O)O)CC1F. The zero-order chi connectivity index (χ0) is 6.36. The van der Waals surface area contributed by atoms with Gasteiger partial charge in [0.15, 0.2) is 0 Å². The molecule has 1 aliphatic carbocycles. The molecule has 1 N–H and O–H groups in total. The highest BCUT2D eigenvalue weighted by molar-refractivity contribution is 5.78. The lowest BCUT2D eigenvalue weighted by Crippen LogP contribution is -2.12. The number of rotatable bonds is 1. The molecule has 0 aromatic heterocycles. The highest BCUT2D eigenvalue weighted by Gasteiger charge is 2.57. The third kappa shape index (κ3) is 0.504. The molecule has 2 unspecified atom stereocenters. The van der Waals surface area contributed by atoms with E-state index < -0.39 is 17.6 Å². The fraction of sp³-hybridized carbons (Fsp3) is 0.800. The molecule has 0 aromatic carbocycles. The van der Waals surface area contributed by atoms with Crippen molar-refractivity contribution in [2.75, 3.05) is 0 Å². The molecule has 1 rings (SSSR count). The second kappa shape index (κ2) is 1.21. The predicted molar refractivity (Wildman–Crippen MR) is 25.3 cm³/mol. The lowest BCUT2D eigenvalue weighted by atomic mass is 10.1. The van der Waals surface area contributed by atoms with Gasteiger partial charge in [0.1, 0.15) is 6.17 Å². The van der Waals surface area contributed by atoms with Crippen LogP contribution in [0.4, 0.5) is 4.39 Å². The second-order valence-electron chi connectivity index (χ2n) is 2.39. The molecule has 0 amide bonds. The van der Waals surface area contributed by atoms with E-state index in [4.69, 9.17) is 5.11 Å². The summed E-state index contributed by atoms with van der Waals surface area (Å²) in [7, 11) is 0. The third-order valence-corrected chi connectivity index (χ3v) is 1.62. The Hall–Kier alpha value is -0.600. The maximum atomic E-state index is 12.0. The standard InChI is InChI=1S/C5H7FO2/c1-5(4(7)8)2-3(5)6/h3H,2H2,1H3,(H,7,8). The van der Waals surface area contributed by atoms with Gasteiger partial charge in [-0.2, -0.15) is 0 Å². The van der Waals surface area contributed by atoms with Crippen LogP contribution in [0.3, 0.4) is 0 Å². The van der Waals surface area contributed by atoms with Crippen LogP contribution in [-0.4, -0.2) is 17.2 Å². The maximum Gasteiger partial charge on any atom is 0.312 e. The number of aliphatic carboxylic acids is 1. The summed E-state index contributed by atoms with van der Waals surface area (Å²) in [5, 5.41) is 8.24. The van der Waals surface area contributed by atoms with E-state index >= 15 is 0 Å². The van der Waals surface area contributed by atoms with Crippen molar-refractivity contribution < 1.29 is 14.3 Å². The molecule has 0 bridgehead atoms. The highest BCUT2D eigenvalue weighted by Crippen LogP contribution is 2.48. The molecule has 0 aromatic rings. The van der Waals surface area contributed by atoms with Crippen LogP contribution in [0, 0.1) is 5.41 Å². The van der Waals surface area contributed by atoms with E-state index in [-0.39, 0.29) is 6.42 Å². The van der Waals surface area contributed by atoms with Crippen molar-refractivity contribution in [2.24, 2.45) is 5.41 Å². The quantitative estimate of drug-likeness (QED) is 0.553. The van der Waals surface area contributed by atoms with Gasteiger partial charge in [0.25, 0.3) is 0 Å². The molecule has 2 nitrogen and oxygen atoms in total. The van der Waals surface area contributed by atoms with Crippen LogP contribution in [0.1, 0.15) is 13.3 Å². The number of carbonyl (C=O) groups is 1. The molecule has 1 saturated carbocycles. The Morgan fingerprint density at radius 3 is 2.38 bits per heavy atom. The Labute approximate surface area is 46.3 Å². The first-order valence-electron chi connectivity index (χ1n) is 2.45. The lowest BCUT2D eigenvalue weighted by Gasteiger charge is -1.95. The Morgan fingerprint density at radius 2 is 2.38 bits per heavy atom. The molecule has 0 saturated heterocycles. The van der Waals surface area contributed by atoms with Crippen molar-refractivity contribution >= 4 is 5.97 Å². The van der Waals surface area contributed by atoms with Crippen molar-refractivity contribution in [2.45, 2.75) is 19.5 Å². The van der Waals surface area contributed by atoms with Gasteiger partial charge in [-0.25, -0.2) is 4.39 Å². The normalized spacial score (nSPS) is 44.0. The molecular weight excluding hydrogens is 111 g/mol. The average Bonchev–Trinajstić information content (AvgIpc) is 2.17. The van der Waals surface area contributed by atoms with Gasteiger partial charge in [0.2, 0.25) is 0 Å². The monoisotopic (exact) mass is 118 g/mol. The van der Waals surface area contributed by atoms with E-state index in [1.807, 2.05) is 0 Å². The molecule has 0 heterocycles. The number of carboxylic acids is 1. The summed E-state index contributed by atoms with van der Waals surface area (Å²) < 4.78 is 12.0. The molecule has 3 heteroatoms. The fourth-order valence-electron chi connectivity index (χ4n) is 0.535. The number of halogens is 1. The van der Waals surface area contributed by atoms with Gasteiger partial charge in [-0.1, -0.05) is 0 Å². The first-order chi connectivity index (χ1) is 3.57. The van der Waals surface area contributed by atoms with Gasteiger partial charge in [-0.3, -0.25) is 4.79 Å². The van der Waals surface area contributed by atoms with Gasteiger partial charge in [-0.05, 0) is 13.3 Å². The fourth-order valence-corrected chi connectivity index (χ4v) is 0.535. The van der Waals surface area contributed by atoms with Crippen molar-refractivity contribution in [3.05, 3.63) is 0 Å². The van der Waals surface area contributed by atoms with Crippen LogP contribution in [0.15, 0.2) is 0 Å². The first kappa shape index (κ1) is 5.54. The van der Waals surface area contributed by atoms with Gasteiger partial charge < -0.3 is 5.11 Å². The van der Waals surface area contributed by atoms with E-state index in [0.29, 0.717) is 0 Å². The van der Waals surface area contributed by atoms with Crippen molar-refractivity contribution in [1.29, 1.82) is 0 Å². The smallest absolute Gasteiger partial charge is 0.312 e. The van der Waals surface area contributed by atoms with Crippen molar-refractivity contribution in [1.82, 2.24) is 0 Å². The summed E-state index contributed by atoms with van der Waals surface area (Å²) in [6.45, 7) is 1.42. The Bertz CT molecular complexity index is 134. The largest absolute Gasteiger partial charge is 0.481 e. The second-order valence-corrected chi connectivity index (χ2v) is 2.39. The topological polar surface area (TPSA) is 37.3 Å². The van der Waals surface area contributed by atoms with Crippen LogP contribution in [0.2, 0.25) is 0 Å². The van der Waals surface area contributed by atoms with Crippen LogP contribution >= 0.6 is 0 Å². The van der Waals surface area contributed by atoms with E-state index in [0.717, 1.165) is 0 Å². The summed E-state index contributed by atoms with van der Waals surface area (Å²) in [4.78, 5) is 10.1. The van der Waals surface area contributed by atoms with Gasteiger partial charge in [-0.15, -0.1) is 0 Å². The van der Waals surface area contributed by atoms with Crippen LogP contribution in [0.5, 0.6) is 0 Å². The zero-order valence-corrected chi connectivity index (χ0v) is 4.52. The number of carboxylic acid groups (broad SMARTS) is 1. The number of hydrogen-bond acceptors (Lipinski definition) is 1. The predicted octanol–water partition coefficient (Wildman–Crippen LogP) is 0.819. The number of hydrogen-bond donors (Lipinski definition) is 1. The van der Waals surface area contributed by atoms with E-state index in [1.54, 1.807) is 0 Å². The highest BCUT2D eigenvalue weighted by atomic mass is 19.1. The van der Waals surface area contributed by atoms with E-state index in [2.05, 4.69) is 0 Å². The molecular formula is C5H7FO2. The molecule has 2 atom stereocenters. The molecule has 0 radical (unpaired) electrons. The first-order valence-corrected chi connectivity index (χ1v) is 2.45. The minimum absolute atomic E-state index is 0.183. The molecule has 46 valence electrons. The van der Waals surface area contributed by atoms with Crippen molar-refractivity contribution in [3.63, 3.8) is 0 Å². The van der Waals surface area contributed by atoms with Crippen molar-refractivity contribution in [3.8, 4) is 0 Å². The van der Waals surface area contributed by atoms with Gasteiger partial charge >= 0.3 is 5.97 Å². The van der Waals surface area contributed by atoms with Gasteiger partial charge in [0, 0.05) is 0 Å². The minimum Gasteiger partial charge on any atom is -0.481 e. The Balaban J connectivity index is 2.60. The van der Waals surface area contributed by atoms with E-state index in [9.17, 15) is 9.18 Å². The summed E-state index contributed by atoms with van der Waals surface area (Å²) in [5.41, 5.74) is -1.04. The Kier molecular flexibility index (Phi) is 0.840. The van der Waals surface area contributed by atoms with Crippen LogP contribution < -0.4 is 0 Å². The van der Waals surface area contributed by atoms with E-state index in [1.165, 1.54) is 6.92 Å². The summed E-state index contributed by atoms with van der Waals surface area (Å²) in [6.07, 6.45) is -0.928. The molecule has 0 spiro atoms. The summed E-state index contributed by atoms with van der Waals surface area (Å²) >= 11 is 0. The van der Waals surface area contributed by atoms with Crippen LogP contribution in [-0.2, 0) is 4.79 Å². The molecule has 1 aliphatic rings. The molecule has 8 heavy (non-hydrogen) atoms. The number of alkyl halides is 1. The summed E-state index contributed by atoms with van der Waals surface area (Å²) in [6, 6.07) is 0.